The Balaban J connectivity index is 1.45. The zero-order valence-corrected chi connectivity index (χ0v) is 21.5. The summed E-state index contributed by atoms with van der Waals surface area (Å²) in [4.78, 5) is 0. The van der Waals surface area contributed by atoms with Gasteiger partial charge in [0.25, 0.3) is 5.92 Å². The molecule has 4 fully saturated rings. The van der Waals surface area contributed by atoms with Crippen molar-refractivity contribution >= 4 is 23.5 Å². The minimum Gasteiger partial charge on any atom is -0.353 e. The zero-order chi connectivity index (χ0) is 23.2. The Morgan fingerprint density at radius 1 is 1.09 bits per heavy atom. The number of ether oxygens (including phenoxy) is 4. The van der Waals surface area contributed by atoms with Gasteiger partial charge < -0.3 is 18.9 Å². The second-order valence-electron chi connectivity index (χ2n) is 9.67. The van der Waals surface area contributed by atoms with E-state index in [4.69, 9.17) is 18.9 Å². The summed E-state index contributed by atoms with van der Waals surface area (Å²) in [6.07, 6.45) is 9.37. The first-order valence-corrected chi connectivity index (χ1v) is 15.0. The fourth-order valence-electron chi connectivity index (χ4n) is 5.53. The van der Waals surface area contributed by atoms with Crippen LogP contribution in [0.25, 0.3) is 0 Å². The molecule has 4 rings (SSSR count). The molecule has 3 saturated heterocycles. The number of unbranched alkanes of at least 4 members (excludes halogenated alkanes) is 1. The summed E-state index contributed by atoms with van der Waals surface area (Å²) in [5.41, 5.74) is 0. The molecular formula is C25H40F2O4S2. The lowest BCUT2D eigenvalue weighted by molar-refractivity contribution is -0.226. The van der Waals surface area contributed by atoms with E-state index >= 15 is 8.78 Å². The van der Waals surface area contributed by atoms with Crippen LogP contribution in [0.4, 0.5) is 8.78 Å². The highest BCUT2D eigenvalue weighted by atomic mass is 32.2. The average molecular weight is 507 g/mol. The average Bonchev–Trinajstić information content (AvgIpc) is 3.58. The van der Waals surface area contributed by atoms with Crippen molar-refractivity contribution in [3.05, 3.63) is 12.2 Å². The number of thioether (sulfide) groups is 2. The quantitative estimate of drug-likeness (QED) is 0.293. The van der Waals surface area contributed by atoms with Gasteiger partial charge >= 0.3 is 0 Å². The summed E-state index contributed by atoms with van der Waals surface area (Å²) < 4.78 is 54.7. The van der Waals surface area contributed by atoms with Crippen molar-refractivity contribution in [2.45, 2.75) is 99.8 Å². The summed E-state index contributed by atoms with van der Waals surface area (Å²) in [7, 11) is 0. The Morgan fingerprint density at radius 2 is 1.88 bits per heavy atom. The molecule has 1 saturated carbocycles. The molecular weight excluding hydrogens is 466 g/mol. The van der Waals surface area contributed by atoms with Gasteiger partial charge in [0.05, 0.1) is 17.8 Å². The number of hydrogen-bond acceptors (Lipinski definition) is 6. The molecule has 190 valence electrons. The van der Waals surface area contributed by atoms with E-state index in [1.807, 2.05) is 36.5 Å². The first kappa shape index (κ1) is 26.2. The van der Waals surface area contributed by atoms with E-state index in [1.54, 1.807) is 6.08 Å². The lowest BCUT2D eigenvalue weighted by Crippen LogP contribution is -2.39. The van der Waals surface area contributed by atoms with Gasteiger partial charge in [-0.3, -0.25) is 0 Å². The van der Waals surface area contributed by atoms with Crippen molar-refractivity contribution in [3.8, 4) is 0 Å². The number of hydrogen-bond donors (Lipinski definition) is 0. The summed E-state index contributed by atoms with van der Waals surface area (Å²) in [5, 5.41) is 0. The Bertz CT molecular complexity index is 618. The standard InChI is InChI=1S/C25H40F2O4S2/c1-2-3-12-24(26,27)21(31-22-6-4-5-14-28-22)9-7-19-11-13-25(29-15-16-30-25)20(19)8-10-23-32-17-18-33-23/h7,9,19-23H,2-6,8,10-18H2,1H3. The van der Waals surface area contributed by atoms with Gasteiger partial charge in [-0.2, -0.15) is 0 Å². The number of alkyl halides is 2. The van der Waals surface area contributed by atoms with Crippen LogP contribution in [0.5, 0.6) is 0 Å². The Labute approximate surface area is 206 Å². The lowest BCUT2D eigenvalue weighted by atomic mass is 9.87. The smallest absolute Gasteiger partial charge is 0.277 e. The van der Waals surface area contributed by atoms with Crippen LogP contribution in [-0.2, 0) is 18.9 Å². The second-order valence-corrected chi connectivity index (χ2v) is 12.6. The molecule has 4 aliphatic rings. The van der Waals surface area contributed by atoms with Crippen LogP contribution in [0.3, 0.4) is 0 Å². The first-order valence-electron chi connectivity index (χ1n) is 12.9. The highest BCUT2D eigenvalue weighted by molar-refractivity contribution is 8.20. The van der Waals surface area contributed by atoms with E-state index in [-0.39, 0.29) is 18.3 Å². The fraction of sp³-hybridized carbons (Fsp3) is 0.920. The van der Waals surface area contributed by atoms with E-state index in [9.17, 15) is 0 Å². The molecule has 0 aromatic rings. The van der Waals surface area contributed by atoms with E-state index in [0.29, 0.717) is 37.2 Å². The van der Waals surface area contributed by atoms with Crippen LogP contribution >= 0.6 is 23.5 Å². The number of halogens is 2. The summed E-state index contributed by atoms with van der Waals surface area (Å²) in [5.74, 6) is -0.631. The number of rotatable bonds is 11. The second kappa shape index (κ2) is 12.4. The van der Waals surface area contributed by atoms with Crippen LogP contribution in [-0.4, -0.2) is 60.0 Å². The van der Waals surface area contributed by atoms with Gasteiger partial charge in [-0.15, -0.1) is 23.5 Å². The topological polar surface area (TPSA) is 36.9 Å². The van der Waals surface area contributed by atoms with Crippen molar-refractivity contribution in [3.63, 3.8) is 0 Å². The van der Waals surface area contributed by atoms with Gasteiger partial charge in [-0.05, 0) is 50.9 Å². The molecule has 1 spiro atoms. The van der Waals surface area contributed by atoms with E-state index in [2.05, 4.69) is 0 Å². The van der Waals surface area contributed by atoms with Crippen molar-refractivity contribution in [1.29, 1.82) is 0 Å². The van der Waals surface area contributed by atoms with Gasteiger partial charge in [0, 0.05) is 36.9 Å². The Kier molecular flexibility index (Phi) is 9.85. The van der Waals surface area contributed by atoms with Gasteiger partial charge in [-0.25, -0.2) is 8.78 Å². The van der Waals surface area contributed by atoms with Crippen LogP contribution in [0.1, 0.15) is 71.1 Å². The van der Waals surface area contributed by atoms with E-state index < -0.39 is 24.1 Å². The normalized spacial score (nSPS) is 31.8. The van der Waals surface area contributed by atoms with Crippen LogP contribution < -0.4 is 0 Å². The molecule has 3 heterocycles. The Hall–Kier alpha value is 0.140. The predicted molar refractivity (Wildman–Crippen MR) is 131 cm³/mol. The van der Waals surface area contributed by atoms with E-state index in [1.165, 1.54) is 11.5 Å². The first-order chi connectivity index (χ1) is 16.0. The molecule has 4 nitrogen and oxygen atoms in total. The van der Waals surface area contributed by atoms with Crippen molar-refractivity contribution in [1.82, 2.24) is 0 Å². The summed E-state index contributed by atoms with van der Waals surface area (Å²) in [6, 6.07) is 0. The molecule has 0 radical (unpaired) electrons. The molecule has 0 amide bonds. The molecule has 0 bridgehead atoms. The van der Waals surface area contributed by atoms with Gasteiger partial charge in [0.1, 0.15) is 6.10 Å². The molecule has 4 unspecified atom stereocenters. The largest absolute Gasteiger partial charge is 0.353 e. The maximum atomic E-state index is 15.2. The minimum atomic E-state index is -2.91. The van der Waals surface area contributed by atoms with Gasteiger partial charge in [-0.1, -0.05) is 25.5 Å². The highest BCUT2D eigenvalue weighted by Crippen LogP contribution is 2.50. The molecule has 4 atom stereocenters. The van der Waals surface area contributed by atoms with E-state index in [0.717, 1.165) is 44.9 Å². The van der Waals surface area contributed by atoms with Gasteiger partial charge in [0.15, 0.2) is 12.1 Å². The minimum absolute atomic E-state index is 0.161. The lowest BCUT2D eigenvalue weighted by Gasteiger charge is -2.33. The van der Waals surface area contributed by atoms with Crippen molar-refractivity contribution < 1.29 is 27.7 Å². The monoisotopic (exact) mass is 506 g/mol. The number of allylic oxidation sites excluding steroid dienone is 1. The van der Waals surface area contributed by atoms with Crippen molar-refractivity contribution in [2.75, 3.05) is 31.3 Å². The molecule has 3 aliphatic heterocycles. The summed E-state index contributed by atoms with van der Waals surface area (Å²) in [6.45, 7) is 3.78. The van der Waals surface area contributed by atoms with Crippen LogP contribution in [0.2, 0.25) is 0 Å². The van der Waals surface area contributed by atoms with Crippen LogP contribution in [0.15, 0.2) is 12.2 Å². The third-order valence-corrected chi connectivity index (χ3v) is 10.5. The van der Waals surface area contributed by atoms with Crippen molar-refractivity contribution in [2.24, 2.45) is 11.8 Å². The fourth-order valence-corrected chi connectivity index (χ4v) is 8.39. The SMILES string of the molecule is CCCCC(F)(F)C(C=CC1CCC2(OCCO2)C1CCC1SCCS1)OC1CCCCO1. The van der Waals surface area contributed by atoms with Gasteiger partial charge in [0.2, 0.25) is 0 Å². The Morgan fingerprint density at radius 3 is 2.58 bits per heavy atom. The zero-order valence-electron chi connectivity index (χ0n) is 19.9. The molecule has 33 heavy (non-hydrogen) atoms. The summed E-state index contributed by atoms with van der Waals surface area (Å²) >= 11 is 4.07. The molecule has 0 aromatic carbocycles. The molecule has 1 aliphatic carbocycles. The maximum absolute atomic E-state index is 15.2. The maximum Gasteiger partial charge on any atom is 0.277 e. The molecule has 0 N–H and O–H groups in total. The predicted octanol–water partition coefficient (Wildman–Crippen LogP) is 6.64. The third-order valence-electron chi connectivity index (χ3n) is 7.34. The highest BCUT2D eigenvalue weighted by Gasteiger charge is 2.52. The molecule has 0 aromatic heterocycles. The van der Waals surface area contributed by atoms with Crippen LogP contribution in [0, 0.1) is 11.8 Å². The third kappa shape index (κ3) is 6.88. The molecule has 8 heteroatoms.